The van der Waals surface area contributed by atoms with E-state index in [9.17, 15) is 9.59 Å². The van der Waals surface area contributed by atoms with Crippen LogP contribution in [0.4, 0.5) is 20.2 Å². The zero-order valence-electron chi connectivity index (χ0n) is 43.2. The van der Waals surface area contributed by atoms with E-state index in [1.165, 1.54) is 0 Å². The van der Waals surface area contributed by atoms with Crippen molar-refractivity contribution < 1.29 is 37.3 Å². The van der Waals surface area contributed by atoms with Crippen LogP contribution in [0.15, 0.2) is 109 Å². The lowest BCUT2D eigenvalue weighted by Gasteiger charge is -2.35. The van der Waals surface area contributed by atoms with E-state index in [4.69, 9.17) is 18.9 Å². The number of ether oxygens (including phenoxy) is 4. The van der Waals surface area contributed by atoms with E-state index in [0.717, 1.165) is 95.4 Å². The lowest BCUT2D eigenvalue weighted by atomic mass is 9.97. The average molecular weight is 1010 g/mol. The van der Waals surface area contributed by atoms with Gasteiger partial charge in [-0.25, -0.2) is 18.7 Å². The van der Waals surface area contributed by atoms with Gasteiger partial charge in [0.15, 0.2) is 0 Å². The predicted octanol–water partition coefficient (Wildman–Crippen LogP) is 9.86. The molecule has 0 saturated carbocycles. The van der Waals surface area contributed by atoms with Gasteiger partial charge in [0, 0.05) is 85.3 Å². The molecule has 4 aliphatic rings. The summed E-state index contributed by atoms with van der Waals surface area (Å²) in [6.45, 7) is 14.5. The van der Waals surface area contributed by atoms with Gasteiger partial charge in [0.05, 0.1) is 88.1 Å². The fourth-order valence-electron chi connectivity index (χ4n) is 10.3. The van der Waals surface area contributed by atoms with Crippen LogP contribution < -0.4 is 19.3 Å². The summed E-state index contributed by atoms with van der Waals surface area (Å²) in [4.78, 5) is 43.4. The fraction of sp³-hybridized carbons (Fsp3) is 0.379. The summed E-state index contributed by atoms with van der Waals surface area (Å²) < 4.78 is 56.3. The number of aryl methyl sites for hydroxylation is 2. The van der Waals surface area contributed by atoms with Crippen LogP contribution in [0, 0.1) is 25.5 Å². The van der Waals surface area contributed by atoms with E-state index in [1.54, 1.807) is 48.8 Å². The molecule has 2 aromatic heterocycles. The number of halogens is 2. The number of aromatic nitrogens is 4. The highest BCUT2D eigenvalue weighted by Gasteiger charge is 2.31. The van der Waals surface area contributed by atoms with Crippen molar-refractivity contribution in [3.05, 3.63) is 154 Å². The van der Waals surface area contributed by atoms with Gasteiger partial charge in [0.2, 0.25) is 11.8 Å². The van der Waals surface area contributed by atoms with Crippen LogP contribution in [-0.4, -0.2) is 121 Å². The number of amides is 2. The van der Waals surface area contributed by atoms with Crippen molar-refractivity contribution in [1.29, 1.82) is 0 Å². The third-order valence-electron chi connectivity index (χ3n) is 14.4. The third-order valence-corrected chi connectivity index (χ3v) is 14.4. The molecule has 16 heteroatoms. The Hall–Kier alpha value is -7.30. The van der Waals surface area contributed by atoms with Crippen molar-refractivity contribution in [2.45, 2.75) is 65.5 Å². The molecule has 388 valence electrons. The molecule has 14 nitrogen and oxygen atoms in total. The molecule has 6 heterocycles. The number of piperidine rings is 2. The van der Waals surface area contributed by atoms with Gasteiger partial charge >= 0.3 is 0 Å². The normalized spacial score (nSPS) is 18.4. The minimum absolute atomic E-state index is 0.0521. The summed E-state index contributed by atoms with van der Waals surface area (Å²) in [5.41, 5.74) is 9.58. The maximum Gasteiger partial charge on any atom is 0.250 e. The standard InChI is InChI=1S/2C29H33FN4O3/c2*1-20-18-33(19-31-20)27-9-6-22(16-28(27)36-3)15-23-5-4-10-34(29(23)35)21(2)25-8-7-24(17-26(25)30)32-11-13-37-14-12-32/h2*6-9,15-19,21H,4-5,10-14H2,1-3H3/b2*23-15+/t2*21-/m10/s1. The first-order chi connectivity index (χ1) is 35.9. The molecule has 74 heavy (non-hydrogen) atoms. The fourth-order valence-corrected chi connectivity index (χ4v) is 10.3. The third kappa shape index (κ3) is 11.6. The molecule has 4 aromatic carbocycles. The average Bonchev–Trinajstić information content (AvgIpc) is 4.07. The minimum Gasteiger partial charge on any atom is -0.495 e. The van der Waals surface area contributed by atoms with E-state index in [1.807, 2.05) is 122 Å². The highest BCUT2D eigenvalue weighted by atomic mass is 19.1. The molecule has 0 aliphatic carbocycles. The Morgan fingerprint density at radius 3 is 1.32 bits per heavy atom. The number of hydrogen-bond acceptors (Lipinski definition) is 10. The molecule has 0 spiro atoms. The van der Waals surface area contributed by atoms with Crippen molar-refractivity contribution in [3.63, 3.8) is 0 Å². The molecule has 4 fully saturated rings. The second-order valence-electron chi connectivity index (χ2n) is 19.2. The molecule has 10 rings (SSSR count). The first-order valence-corrected chi connectivity index (χ1v) is 25.5. The van der Waals surface area contributed by atoms with Crippen molar-refractivity contribution in [2.24, 2.45) is 0 Å². The minimum atomic E-state index is -0.365. The van der Waals surface area contributed by atoms with Crippen molar-refractivity contribution in [3.8, 4) is 22.9 Å². The molecular formula is C58H66F2N8O6. The second-order valence-corrected chi connectivity index (χ2v) is 19.2. The Morgan fingerprint density at radius 2 is 0.973 bits per heavy atom. The Labute approximate surface area is 432 Å². The molecule has 6 aromatic rings. The van der Waals surface area contributed by atoms with Crippen LogP contribution in [0.1, 0.15) is 85.3 Å². The number of imidazole rings is 2. The summed E-state index contributed by atoms with van der Waals surface area (Å²) >= 11 is 0. The van der Waals surface area contributed by atoms with Gasteiger partial charge in [-0.3, -0.25) is 9.59 Å². The van der Waals surface area contributed by atoms with E-state index in [0.29, 0.717) is 75.0 Å². The molecule has 4 aliphatic heterocycles. The molecular weight excluding hydrogens is 943 g/mol. The van der Waals surface area contributed by atoms with Crippen LogP contribution >= 0.6 is 0 Å². The van der Waals surface area contributed by atoms with Crippen molar-refractivity contribution in [2.75, 3.05) is 89.7 Å². The lowest BCUT2D eigenvalue weighted by molar-refractivity contribution is -0.131. The summed E-state index contributed by atoms with van der Waals surface area (Å²) in [7, 11) is 3.27. The quantitative estimate of drug-likeness (QED) is 0.110. The number of carbonyl (C=O) groups is 2. The van der Waals surface area contributed by atoms with Crippen LogP contribution in [-0.2, 0) is 19.1 Å². The highest BCUT2D eigenvalue weighted by molar-refractivity contribution is 5.99. The van der Waals surface area contributed by atoms with Crippen LogP contribution in [0.3, 0.4) is 0 Å². The van der Waals surface area contributed by atoms with E-state index >= 15 is 8.78 Å². The molecule has 0 unspecified atom stereocenters. The smallest absolute Gasteiger partial charge is 0.250 e. The molecule has 0 bridgehead atoms. The maximum atomic E-state index is 15.2. The number of nitrogens with zero attached hydrogens (tertiary/aromatic N) is 8. The number of rotatable bonds is 12. The Balaban J connectivity index is 0.000000182. The maximum absolute atomic E-state index is 15.2. The zero-order valence-corrected chi connectivity index (χ0v) is 43.2. The largest absolute Gasteiger partial charge is 0.495 e. The van der Waals surface area contributed by atoms with Gasteiger partial charge in [0.25, 0.3) is 0 Å². The van der Waals surface area contributed by atoms with E-state index in [2.05, 4.69) is 19.8 Å². The van der Waals surface area contributed by atoms with Gasteiger partial charge in [0.1, 0.15) is 23.1 Å². The molecule has 2 atom stereocenters. The zero-order chi connectivity index (χ0) is 51.9. The number of hydrogen-bond donors (Lipinski definition) is 0. The van der Waals surface area contributed by atoms with Crippen LogP contribution in [0.25, 0.3) is 23.5 Å². The Kier molecular flexibility index (Phi) is 16.2. The van der Waals surface area contributed by atoms with Crippen molar-refractivity contribution in [1.82, 2.24) is 28.9 Å². The van der Waals surface area contributed by atoms with Crippen LogP contribution in [0.2, 0.25) is 0 Å². The molecule has 4 saturated heterocycles. The number of anilines is 2. The van der Waals surface area contributed by atoms with E-state index < -0.39 is 0 Å². The number of morpholine rings is 2. The van der Waals surface area contributed by atoms with Gasteiger partial charge < -0.3 is 47.7 Å². The van der Waals surface area contributed by atoms with Crippen LogP contribution in [0.5, 0.6) is 11.5 Å². The lowest BCUT2D eigenvalue weighted by Crippen LogP contribution is -2.39. The number of methoxy groups -OCH3 is 2. The second kappa shape index (κ2) is 23.3. The van der Waals surface area contributed by atoms with Gasteiger partial charge in [-0.15, -0.1) is 0 Å². The topological polar surface area (TPSA) is 120 Å². The van der Waals surface area contributed by atoms with E-state index in [-0.39, 0.29) is 35.5 Å². The summed E-state index contributed by atoms with van der Waals surface area (Å²) in [6.07, 6.45) is 14.3. The number of benzene rings is 4. The number of likely N-dealkylation sites (tertiary alicyclic amines) is 2. The summed E-state index contributed by atoms with van der Waals surface area (Å²) in [6, 6.07) is 21.7. The molecule has 2 amide bonds. The SMILES string of the molecule is COc1cc(/C=C2\CCCN([C@@H](C)c3ccc(N4CCOCC4)cc3F)C2=O)ccc1-n1cnc(C)c1.COc1cc(/C=C2\CCCN([C@H](C)c3ccc(N4CCOCC4)cc3F)C2=O)ccc1-n1cnc(C)c1. The monoisotopic (exact) mass is 1010 g/mol. The molecule has 0 N–H and O–H groups in total. The Bertz CT molecular complexity index is 2830. The van der Waals surface area contributed by atoms with Gasteiger partial charge in [-0.2, -0.15) is 0 Å². The number of carbonyl (C=O) groups excluding carboxylic acids is 2. The summed E-state index contributed by atoms with van der Waals surface area (Å²) in [5, 5.41) is 0. The Morgan fingerprint density at radius 1 is 0.568 bits per heavy atom. The van der Waals surface area contributed by atoms with Gasteiger partial charge in [-0.1, -0.05) is 24.3 Å². The van der Waals surface area contributed by atoms with Crippen molar-refractivity contribution >= 4 is 35.3 Å². The van der Waals surface area contributed by atoms with Gasteiger partial charge in [-0.05, 0) is 125 Å². The first kappa shape index (κ1) is 51.6. The summed E-state index contributed by atoms with van der Waals surface area (Å²) in [5.74, 6) is 0.726. The predicted molar refractivity (Wildman–Crippen MR) is 283 cm³/mol. The molecule has 0 radical (unpaired) electrons. The highest BCUT2D eigenvalue weighted by Crippen LogP contribution is 2.35. The first-order valence-electron chi connectivity index (χ1n) is 25.5.